The van der Waals surface area contributed by atoms with Gasteiger partial charge in [-0.2, -0.15) is 0 Å². The Bertz CT molecular complexity index is 669. The first kappa shape index (κ1) is 15.3. The van der Waals surface area contributed by atoms with E-state index < -0.39 is 0 Å². The lowest BCUT2D eigenvalue weighted by atomic mass is 10.0. The average molecular weight is 361 g/mol. The molecule has 4 heteroatoms. The van der Waals surface area contributed by atoms with Crippen molar-refractivity contribution in [3.8, 4) is 0 Å². The van der Waals surface area contributed by atoms with E-state index >= 15 is 0 Å². The van der Waals surface area contributed by atoms with Crippen LogP contribution in [0.4, 0.5) is 11.6 Å². The van der Waals surface area contributed by atoms with Crippen LogP contribution in [0.1, 0.15) is 43.9 Å². The van der Waals surface area contributed by atoms with Crippen LogP contribution in [-0.2, 0) is 0 Å². The van der Waals surface area contributed by atoms with Crippen molar-refractivity contribution in [2.24, 2.45) is 4.99 Å². The molecule has 0 atom stereocenters. The van der Waals surface area contributed by atoms with Crippen LogP contribution in [0.25, 0.3) is 0 Å². The summed E-state index contributed by atoms with van der Waals surface area (Å²) in [4.78, 5) is 6.90. The Kier molecular flexibility index (Phi) is 4.67. The number of nitrogens with zero attached hydrogens (tertiary/aromatic N) is 2. The predicted octanol–water partition coefficient (Wildman–Crippen LogP) is 5.52. The van der Waals surface area contributed by atoms with Crippen LogP contribution in [0.15, 0.2) is 44.2 Å². The van der Waals surface area contributed by atoms with Crippen molar-refractivity contribution in [3.63, 3.8) is 0 Å². The summed E-state index contributed by atoms with van der Waals surface area (Å²) in [5, 5.41) is 0. The number of aliphatic imine (C=N–C) groups is 1. The van der Waals surface area contributed by atoms with Gasteiger partial charge in [0.1, 0.15) is 5.76 Å². The molecular formula is C18H21BrN2O. The number of hydrogen-bond donors (Lipinski definition) is 0. The van der Waals surface area contributed by atoms with Gasteiger partial charge in [0.15, 0.2) is 0 Å². The van der Waals surface area contributed by atoms with E-state index in [2.05, 4.69) is 51.8 Å². The van der Waals surface area contributed by atoms with E-state index in [1.807, 2.05) is 24.4 Å². The number of para-hydroxylation sites is 1. The number of furan rings is 1. The Hall–Kier alpha value is -1.55. The first-order valence-electron chi connectivity index (χ1n) is 7.82. The smallest absolute Gasteiger partial charge is 0.210 e. The van der Waals surface area contributed by atoms with Crippen LogP contribution in [0.2, 0.25) is 0 Å². The highest BCUT2D eigenvalue weighted by atomic mass is 79.9. The summed E-state index contributed by atoms with van der Waals surface area (Å²) < 4.78 is 6.96. The van der Waals surface area contributed by atoms with E-state index in [-0.39, 0.29) is 0 Å². The van der Waals surface area contributed by atoms with Crippen LogP contribution in [0.3, 0.4) is 0 Å². The monoisotopic (exact) mass is 360 g/mol. The SMILES string of the molecule is CC(C)c1ccccc1N=Cc1cc(Br)c(N2CCCC2)o1. The molecule has 3 nitrogen and oxygen atoms in total. The summed E-state index contributed by atoms with van der Waals surface area (Å²) in [6, 6.07) is 10.3. The lowest BCUT2D eigenvalue weighted by Gasteiger charge is -2.13. The second-order valence-electron chi connectivity index (χ2n) is 5.97. The van der Waals surface area contributed by atoms with Gasteiger partial charge in [-0.05, 0) is 46.3 Å². The molecule has 1 aliphatic heterocycles. The minimum atomic E-state index is 0.455. The Morgan fingerprint density at radius 2 is 1.95 bits per heavy atom. The van der Waals surface area contributed by atoms with E-state index in [0.29, 0.717) is 5.92 Å². The van der Waals surface area contributed by atoms with Crippen molar-refractivity contribution < 1.29 is 4.42 Å². The molecule has 0 unspecified atom stereocenters. The van der Waals surface area contributed by atoms with E-state index in [1.54, 1.807) is 0 Å². The van der Waals surface area contributed by atoms with E-state index in [4.69, 9.17) is 4.42 Å². The van der Waals surface area contributed by atoms with Gasteiger partial charge < -0.3 is 9.32 Å². The highest BCUT2D eigenvalue weighted by molar-refractivity contribution is 9.10. The molecule has 0 radical (unpaired) electrons. The summed E-state index contributed by atoms with van der Waals surface area (Å²) in [7, 11) is 0. The Morgan fingerprint density at radius 1 is 1.23 bits per heavy atom. The number of rotatable bonds is 4. The molecular weight excluding hydrogens is 340 g/mol. The van der Waals surface area contributed by atoms with E-state index in [9.17, 15) is 0 Å². The van der Waals surface area contributed by atoms with Gasteiger partial charge in [-0.3, -0.25) is 4.99 Å². The fraction of sp³-hybridized carbons (Fsp3) is 0.389. The van der Waals surface area contributed by atoms with Gasteiger partial charge in [0.25, 0.3) is 0 Å². The molecule has 2 aromatic rings. The van der Waals surface area contributed by atoms with Crippen molar-refractivity contribution in [2.45, 2.75) is 32.6 Å². The van der Waals surface area contributed by atoms with Crippen molar-refractivity contribution in [3.05, 3.63) is 46.1 Å². The molecule has 1 aromatic heterocycles. The molecule has 0 aliphatic carbocycles. The number of benzene rings is 1. The molecule has 116 valence electrons. The normalized spacial score (nSPS) is 15.4. The second kappa shape index (κ2) is 6.69. The summed E-state index contributed by atoms with van der Waals surface area (Å²) in [5.74, 6) is 2.17. The standard InChI is InChI=1S/C18H21BrN2O/c1-13(2)15-7-3-4-8-17(15)20-12-14-11-16(19)18(22-14)21-9-5-6-10-21/h3-4,7-8,11-13H,5-6,9-10H2,1-2H3. The number of halogens is 1. The molecule has 0 N–H and O–H groups in total. The molecule has 1 aliphatic rings. The topological polar surface area (TPSA) is 28.7 Å². The van der Waals surface area contributed by atoms with Gasteiger partial charge in [0, 0.05) is 19.2 Å². The van der Waals surface area contributed by atoms with Gasteiger partial charge in [-0.1, -0.05) is 32.0 Å². The first-order chi connectivity index (χ1) is 10.6. The van der Waals surface area contributed by atoms with Crippen LogP contribution in [0, 0.1) is 0 Å². The van der Waals surface area contributed by atoms with Gasteiger partial charge in [0.2, 0.25) is 5.88 Å². The highest BCUT2D eigenvalue weighted by Crippen LogP contribution is 2.32. The third kappa shape index (κ3) is 3.27. The Balaban J connectivity index is 1.83. The van der Waals surface area contributed by atoms with Crippen LogP contribution < -0.4 is 4.90 Å². The summed E-state index contributed by atoms with van der Waals surface area (Å²) in [5.41, 5.74) is 2.26. The average Bonchev–Trinajstić information content (AvgIpc) is 3.14. The molecule has 22 heavy (non-hydrogen) atoms. The van der Waals surface area contributed by atoms with E-state index in [0.717, 1.165) is 34.9 Å². The van der Waals surface area contributed by atoms with Crippen molar-refractivity contribution in [1.82, 2.24) is 0 Å². The predicted molar refractivity (Wildman–Crippen MR) is 95.6 cm³/mol. The van der Waals surface area contributed by atoms with Gasteiger partial charge in [0.05, 0.1) is 16.4 Å². The maximum absolute atomic E-state index is 5.95. The molecule has 1 saturated heterocycles. The first-order valence-corrected chi connectivity index (χ1v) is 8.61. The third-order valence-corrected chi connectivity index (χ3v) is 4.54. The van der Waals surface area contributed by atoms with E-state index in [1.165, 1.54) is 18.4 Å². The zero-order valence-electron chi connectivity index (χ0n) is 13.1. The minimum Gasteiger partial charge on any atom is -0.438 e. The summed E-state index contributed by atoms with van der Waals surface area (Å²) in [6.45, 7) is 6.50. The molecule has 0 saturated carbocycles. The molecule has 0 spiro atoms. The Morgan fingerprint density at radius 3 is 2.68 bits per heavy atom. The third-order valence-electron chi connectivity index (χ3n) is 3.97. The molecule has 1 fully saturated rings. The Labute approximate surface area is 140 Å². The zero-order chi connectivity index (χ0) is 15.5. The zero-order valence-corrected chi connectivity index (χ0v) is 14.6. The van der Waals surface area contributed by atoms with Gasteiger partial charge in [-0.25, -0.2) is 0 Å². The van der Waals surface area contributed by atoms with Crippen molar-refractivity contribution >= 4 is 33.7 Å². The fourth-order valence-corrected chi connectivity index (χ4v) is 3.36. The van der Waals surface area contributed by atoms with Crippen LogP contribution in [0.5, 0.6) is 0 Å². The number of hydrogen-bond acceptors (Lipinski definition) is 3. The van der Waals surface area contributed by atoms with Crippen molar-refractivity contribution in [1.29, 1.82) is 0 Å². The molecule has 2 heterocycles. The lowest BCUT2D eigenvalue weighted by Crippen LogP contribution is -2.17. The molecule has 0 bridgehead atoms. The summed E-state index contributed by atoms with van der Waals surface area (Å²) in [6.07, 6.45) is 4.28. The molecule has 1 aromatic carbocycles. The van der Waals surface area contributed by atoms with Gasteiger partial charge in [-0.15, -0.1) is 0 Å². The minimum absolute atomic E-state index is 0.455. The summed E-state index contributed by atoms with van der Waals surface area (Å²) >= 11 is 3.59. The molecule has 0 amide bonds. The maximum atomic E-state index is 5.95. The van der Waals surface area contributed by atoms with Crippen LogP contribution >= 0.6 is 15.9 Å². The van der Waals surface area contributed by atoms with Crippen LogP contribution in [-0.4, -0.2) is 19.3 Å². The fourth-order valence-electron chi connectivity index (χ4n) is 2.80. The largest absolute Gasteiger partial charge is 0.438 e. The number of anilines is 1. The second-order valence-corrected chi connectivity index (χ2v) is 6.82. The van der Waals surface area contributed by atoms with Gasteiger partial charge >= 0.3 is 0 Å². The van der Waals surface area contributed by atoms with Crippen molar-refractivity contribution in [2.75, 3.05) is 18.0 Å². The highest BCUT2D eigenvalue weighted by Gasteiger charge is 2.19. The lowest BCUT2D eigenvalue weighted by molar-refractivity contribution is 0.549. The molecule has 3 rings (SSSR count). The quantitative estimate of drug-likeness (QED) is 0.671. The maximum Gasteiger partial charge on any atom is 0.210 e.